The molecular weight excluding hydrogens is 336 g/mol. The lowest BCUT2D eigenvalue weighted by atomic mass is 10.1. The van der Waals surface area contributed by atoms with E-state index in [0.29, 0.717) is 17.9 Å². The van der Waals surface area contributed by atoms with Gasteiger partial charge in [0.15, 0.2) is 0 Å². The minimum Gasteiger partial charge on any atom is -0.356 e. The molecule has 0 radical (unpaired) electrons. The first kappa shape index (κ1) is 17.5. The first-order chi connectivity index (χ1) is 11.9. The summed E-state index contributed by atoms with van der Waals surface area (Å²) in [5, 5.41) is 2.73. The van der Waals surface area contributed by atoms with Gasteiger partial charge in [0.2, 0.25) is 5.91 Å². The third-order valence-corrected chi connectivity index (χ3v) is 6.35. The second-order valence-corrected chi connectivity index (χ2v) is 8.17. The molecule has 3 rings (SSSR count). The molecule has 0 saturated carbocycles. The number of nitrogens with zero attached hydrogens (tertiary/aromatic N) is 1. The summed E-state index contributed by atoms with van der Waals surface area (Å²) in [7, 11) is -3.59. The summed E-state index contributed by atoms with van der Waals surface area (Å²) in [4.78, 5) is 11.2. The molecule has 0 bridgehead atoms. The predicted molar refractivity (Wildman–Crippen MR) is 98.1 cm³/mol. The van der Waals surface area contributed by atoms with Gasteiger partial charge in [-0.1, -0.05) is 30.3 Å². The van der Waals surface area contributed by atoms with E-state index in [1.165, 1.54) is 11.2 Å². The maximum Gasteiger partial charge on any atom is 0.264 e. The van der Waals surface area contributed by atoms with Crippen LogP contribution in [0.4, 0.5) is 5.69 Å². The van der Waals surface area contributed by atoms with Gasteiger partial charge in [0.05, 0.1) is 10.6 Å². The van der Waals surface area contributed by atoms with Crippen molar-refractivity contribution < 1.29 is 13.2 Å². The molecule has 0 aromatic heterocycles. The summed E-state index contributed by atoms with van der Waals surface area (Å²) in [6, 6.07) is 14.4. The van der Waals surface area contributed by atoms with E-state index in [1.54, 1.807) is 24.3 Å². The van der Waals surface area contributed by atoms with Gasteiger partial charge in [-0.25, -0.2) is 8.42 Å². The Morgan fingerprint density at radius 1 is 1.16 bits per heavy atom. The van der Waals surface area contributed by atoms with Gasteiger partial charge >= 0.3 is 0 Å². The van der Waals surface area contributed by atoms with Crippen molar-refractivity contribution in [3.05, 3.63) is 59.7 Å². The van der Waals surface area contributed by atoms with Crippen LogP contribution in [0.2, 0.25) is 0 Å². The highest BCUT2D eigenvalue weighted by Crippen LogP contribution is 2.36. The van der Waals surface area contributed by atoms with E-state index in [0.717, 1.165) is 23.2 Å². The molecule has 2 aromatic rings. The smallest absolute Gasteiger partial charge is 0.264 e. The highest BCUT2D eigenvalue weighted by atomic mass is 32.2. The van der Waals surface area contributed by atoms with Crippen molar-refractivity contribution in [3.63, 3.8) is 0 Å². The summed E-state index contributed by atoms with van der Waals surface area (Å²) >= 11 is 0. The average Bonchev–Trinajstić information content (AvgIpc) is 2.91. The fourth-order valence-corrected chi connectivity index (χ4v) is 4.92. The average molecular weight is 358 g/mol. The largest absolute Gasteiger partial charge is 0.356 e. The van der Waals surface area contributed by atoms with Crippen LogP contribution < -0.4 is 9.62 Å². The molecule has 1 atom stereocenters. The lowest BCUT2D eigenvalue weighted by Gasteiger charge is -2.24. The minimum atomic E-state index is -3.59. The van der Waals surface area contributed by atoms with Gasteiger partial charge in [-0.15, -0.1) is 0 Å². The van der Waals surface area contributed by atoms with E-state index in [-0.39, 0.29) is 11.9 Å². The number of carbonyl (C=O) groups is 1. The zero-order chi connectivity index (χ0) is 18.0. The topological polar surface area (TPSA) is 66.5 Å². The lowest BCUT2D eigenvalue weighted by Crippen LogP contribution is -2.35. The Hall–Kier alpha value is -2.34. The molecule has 0 saturated heterocycles. The SMILES string of the molecule is CC(=O)NCCc1ccc(S(=O)(=O)N2c3ccccc3CC2C)cc1. The summed E-state index contributed by atoms with van der Waals surface area (Å²) in [6.07, 6.45) is 1.40. The number of hydrogen-bond acceptors (Lipinski definition) is 3. The van der Waals surface area contributed by atoms with Gasteiger partial charge in [-0.3, -0.25) is 9.10 Å². The third-order valence-electron chi connectivity index (χ3n) is 4.41. The molecule has 0 aliphatic carbocycles. The van der Waals surface area contributed by atoms with E-state index in [1.807, 2.05) is 31.2 Å². The highest BCUT2D eigenvalue weighted by molar-refractivity contribution is 7.92. The predicted octanol–water partition coefficient (Wildman–Crippen LogP) is 2.51. The molecular formula is C19H22N2O3S. The van der Waals surface area contributed by atoms with Crippen LogP contribution in [0.15, 0.2) is 53.4 Å². The van der Waals surface area contributed by atoms with Crippen LogP contribution in [0.25, 0.3) is 0 Å². The van der Waals surface area contributed by atoms with Crippen molar-refractivity contribution in [1.29, 1.82) is 0 Å². The lowest BCUT2D eigenvalue weighted by molar-refractivity contribution is -0.118. The van der Waals surface area contributed by atoms with Gasteiger partial charge in [0, 0.05) is 19.5 Å². The number of nitrogens with one attached hydrogen (secondary N) is 1. The monoisotopic (exact) mass is 358 g/mol. The number of rotatable bonds is 5. The molecule has 1 aliphatic heterocycles. The van der Waals surface area contributed by atoms with Crippen LogP contribution >= 0.6 is 0 Å². The maximum absolute atomic E-state index is 13.1. The standard InChI is InChI=1S/C19H22N2O3S/c1-14-13-17-5-3-4-6-19(17)21(14)25(23,24)18-9-7-16(8-10-18)11-12-20-15(2)22/h3-10,14H,11-13H2,1-2H3,(H,20,22). The van der Waals surface area contributed by atoms with E-state index in [2.05, 4.69) is 5.32 Å². The number of fused-ring (bicyclic) bond motifs is 1. The summed E-state index contributed by atoms with van der Waals surface area (Å²) in [5.74, 6) is -0.0686. The Labute approximate surface area is 148 Å². The van der Waals surface area contributed by atoms with Crippen molar-refractivity contribution in [1.82, 2.24) is 5.32 Å². The Morgan fingerprint density at radius 3 is 2.52 bits per heavy atom. The van der Waals surface area contributed by atoms with E-state index < -0.39 is 10.0 Å². The molecule has 0 fully saturated rings. The quantitative estimate of drug-likeness (QED) is 0.893. The van der Waals surface area contributed by atoms with Crippen LogP contribution in [0, 0.1) is 0 Å². The molecule has 25 heavy (non-hydrogen) atoms. The number of hydrogen-bond donors (Lipinski definition) is 1. The van der Waals surface area contributed by atoms with Crippen LogP contribution in [0.5, 0.6) is 0 Å². The second-order valence-electron chi connectivity index (χ2n) is 6.36. The molecule has 1 aliphatic rings. The first-order valence-corrected chi connectivity index (χ1v) is 9.79. The second kappa shape index (κ2) is 6.88. The summed E-state index contributed by atoms with van der Waals surface area (Å²) < 4.78 is 27.7. The molecule has 1 unspecified atom stereocenters. The van der Waals surface area contributed by atoms with Crippen molar-refractivity contribution in [2.75, 3.05) is 10.8 Å². The first-order valence-electron chi connectivity index (χ1n) is 8.35. The Balaban J connectivity index is 1.82. The summed E-state index contributed by atoms with van der Waals surface area (Å²) in [6.45, 7) is 3.95. The zero-order valence-electron chi connectivity index (χ0n) is 14.4. The molecule has 1 heterocycles. The fourth-order valence-electron chi connectivity index (χ4n) is 3.23. The number of sulfonamides is 1. The normalized spacial score (nSPS) is 16.6. The van der Waals surface area contributed by atoms with Gasteiger partial charge in [-0.2, -0.15) is 0 Å². The molecule has 132 valence electrons. The van der Waals surface area contributed by atoms with Crippen LogP contribution in [-0.2, 0) is 27.7 Å². The fraction of sp³-hybridized carbons (Fsp3) is 0.316. The molecule has 1 N–H and O–H groups in total. The number of carbonyl (C=O) groups excluding carboxylic acids is 1. The van der Waals surface area contributed by atoms with Crippen molar-refractivity contribution in [3.8, 4) is 0 Å². The highest BCUT2D eigenvalue weighted by Gasteiger charge is 2.35. The Kier molecular flexibility index (Phi) is 4.81. The zero-order valence-corrected chi connectivity index (χ0v) is 15.2. The third kappa shape index (κ3) is 3.54. The molecule has 5 nitrogen and oxygen atoms in total. The van der Waals surface area contributed by atoms with Gasteiger partial charge in [0.1, 0.15) is 0 Å². The van der Waals surface area contributed by atoms with Gasteiger partial charge in [0.25, 0.3) is 10.0 Å². The number of benzene rings is 2. The molecule has 6 heteroatoms. The number of para-hydroxylation sites is 1. The van der Waals surface area contributed by atoms with Gasteiger partial charge in [-0.05, 0) is 49.1 Å². The Bertz CT molecular complexity index is 876. The molecule has 1 amide bonds. The van der Waals surface area contributed by atoms with Crippen LogP contribution in [0.1, 0.15) is 25.0 Å². The number of anilines is 1. The van der Waals surface area contributed by atoms with E-state index >= 15 is 0 Å². The minimum absolute atomic E-state index is 0.0686. The van der Waals surface area contributed by atoms with E-state index in [4.69, 9.17) is 0 Å². The molecule has 0 spiro atoms. The Morgan fingerprint density at radius 2 is 1.84 bits per heavy atom. The van der Waals surface area contributed by atoms with Gasteiger partial charge < -0.3 is 5.32 Å². The van der Waals surface area contributed by atoms with Crippen LogP contribution in [0.3, 0.4) is 0 Å². The van der Waals surface area contributed by atoms with Crippen molar-refractivity contribution in [2.45, 2.75) is 37.6 Å². The molecule has 2 aromatic carbocycles. The van der Waals surface area contributed by atoms with Crippen molar-refractivity contribution >= 4 is 21.6 Å². The van der Waals surface area contributed by atoms with E-state index in [9.17, 15) is 13.2 Å². The van der Waals surface area contributed by atoms with Crippen molar-refractivity contribution in [2.24, 2.45) is 0 Å². The maximum atomic E-state index is 13.1. The number of amides is 1. The summed E-state index contributed by atoms with van der Waals surface area (Å²) in [5.41, 5.74) is 2.82. The van der Waals surface area contributed by atoms with Crippen LogP contribution in [-0.4, -0.2) is 26.9 Å².